The molecule has 0 saturated carbocycles. The molecular formula is C23H24ClN3O3S2. The van der Waals surface area contributed by atoms with Gasteiger partial charge in [0.25, 0.3) is 0 Å². The monoisotopic (exact) mass is 489 g/mol. The van der Waals surface area contributed by atoms with Gasteiger partial charge in [0.15, 0.2) is 15.0 Å². The second-order valence-corrected chi connectivity index (χ2v) is 11.8. The minimum atomic E-state index is -3.06. The molecule has 168 valence electrons. The van der Waals surface area contributed by atoms with Gasteiger partial charge < -0.3 is 4.90 Å². The van der Waals surface area contributed by atoms with Crippen molar-refractivity contribution in [2.24, 2.45) is 0 Å². The fraction of sp³-hybridized carbons (Fsp3) is 0.304. The van der Waals surface area contributed by atoms with Gasteiger partial charge in [-0.3, -0.25) is 9.36 Å². The topological polar surface area (TPSA) is 72.3 Å². The van der Waals surface area contributed by atoms with Crippen molar-refractivity contribution in [3.8, 4) is 16.9 Å². The van der Waals surface area contributed by atoms with Gasteiger partial charge >= 0.3 is 0 Å². The van der Waals surface area contributed by atoms with Crippen molar-refractivity contribution in [3.05, 3.63) is 65.8 Å². The molecule has 1 aromatic heterocycles. The third-order valence-electron chi connectivity index (χ3n) is 5.60. The molecule has 2 aromatic carbocycles. The summed E-state index contributed by atoms with van der Waals surface area (Å²) in [6, 6.07) is 17.1. The van der Waals surface area contributed by atoms with E-state index < -0.39 is 15.1 Å². The van der Waals surface area contributed by atoms with Crippen LogP contribution in [0.4, 0.5) is 0 Å². The highest BCUT2D eigenvalue weighted by molar-refractivity contribution is 8.00. The number of amides is 1. The van der Waals surface area contributed by atoms with Gasteiger partial charge in [0.05, 0.1) is 28.6 Å². The largest absolute Gasteiger partial charge is 0.341 e. The van der Waals surface area contributed by atoms with Crippen LogP contribution in [0, 0.1) is 0 Å². The van der Waals surface area contributed by atoms with Crippen molar-refractivity contribution in [1.82, 2.24) is 14.5 Å². The zero-order chi connectivity index (χ0) is 22.9. The number of halogens is 1. The van der Waals surface area contributed by atoms with Crippen molar-refractivity contribution in [2.75, 3.05) is 18.6 Å². The number of hydrogen-bond donors (Lipinski definition) is 0. The second-order valence-electron chi connectivity index (χ2n) is 7.87. The molecule has 4 rings (SSSR count). The van der Waals surface area contributed by atoms with Crippen molar-refractivity contribution in [1.29, 1.82) is 0 Å². The van der Waals surface area contributed by atoms with Gasteiger partial charge in [0.1, 0.15) is 0 Å². The molecule has 1 aliphatic rings. The fourth-order valence-corrected chi connectivity index (χ4v) is 6.82. The Morgan fingerprint density at radius 1 is 1.22 bits per heavy atom. The smallest absolute Gasteiger partial charge is 0.235 e. The van der Waals surface area contributed by atoms with Gasteiger partial charge in [-0.2, -0.15) is 0 Å². The first-order valence-electron chi connectivity index (χ1n) is 10.3. The summed E-state index contributed by atoms with van der Waals surface area (Å²) in [6.07, 6.45) is 2.28. The predicted molar refractivity (Wildman–Crippen MR) is 129 cm³/mol. The van der Waals surface area contributed by atoms with Crippen LogP contribution in [0.2, 0.25) is 5.02 Å². The molecule has 32 heavy (non-hydrogen) atoms. The van der Waals surface area contributed by atoms with Gasteiger partial charge in [0.2, 0.25) is 5.91 Å². The van der Waals surface area contributed by atoms with E-state index in [0.29, 0.717) is 16.6 Å². The third-order valence-corrected chi connectivity index (χ3v) is 8.64. The maximum Gasteiger partial charge on any atom is 0.235 e. The normalized spacial score (nSPS) is 18.4. The molecule has 1 fully saturated rings. The summed E-state index contributed by atoms with van der Waals surface area (Å²) in [5, 5.41) is 0.837. The number of carbonyl (C=O) groups is 1. The molecule has 2 unspecified atom stereocenters. The molecule has 9 heteroatoms. The Morgan fingerprint density at radius 3 is 2.62 bits per heavy atom. The average molecular weight is 490 g/mol. The van der Waals surface area contributed by atoms with Crippen LogP contribution in [0.15, 0.2) is 66.0 Å². The number of imidazole rings is 1. The first-order chi connectivity index (χ1) is 15.2. The summed E-state index contributed by atoms with van der Waals surface area (Å²) < 4.78 is 25.7. The number of aromatic nitrogens is 2. The number of hydrogen-bond acceptors (Lipinski definition) is 5. The number of nitrogens with zero attached hydrogens (tertiary/aromatic N) is 3. The predicted octanol–water partition coefficient (Wildman–Crippen LogP) is 4.32. The van der Waals surface area contributed by atoms with Crippen LogP contribution in [0.5, 0.6) is 0 Å². The summed E-state index contributed by atoms with van der Waals surface area (Å²) >= 11 is 7.61. The maximum atomic E-state index is 13.1. The molecule has 2 heterocycles. The highest BCUT2D eigenvalue weighted by Crippen LogP contribution is 2.33. The van der Waals surface area contributed by atoms with E-state index in [1.165, 1.54) is 11.8 Å². The molecule has 0 radical (unpaired) electrons. The number of sulfone groups is 1. The highest BCUT2D eigenvalue weighted by Gasteiger charge is 2.34. The molecule has 1 amide bonds. The number of carbonyl (C=O) groups excluding carboxylic acids is 1. The molecule has 2 atom stereocenters. The van der Waals surface area contributed by atoms with Crippen LogP contribution in [-0.4, -0.2) is 58.6 Å². The van der Waals surface area contributed by atoms with E-state index in [1.807, 2.05) is 66.1 Å². The number of benzene rings is 2. The third kappa shape index (κ3) is 4.87. The molecule has 0 spiro atoms. The van der Waals surface area contributed by atoms with Crippen LogP contribution < -0.4 is 0 Å². The molecule has 0 bridgehead atoms. The van der Waals surface area contributed by atoms with Crippen molar-refractivity contribution in [3.63, 3.8) is 0 Å². The summed E-state index contributed by atoms with van der Waals surface area (Å²) in [7, 11) is -1.38. The van der Waals surface area contributed by atoms with E-state index in [4.69, 9.17) is 11.6 Å². The first kappa shape index (κ1) is 22.9. The van der Waals surface area contributed by atoms with Crippen LogP contribution in [-0.2, 0) is 14.6 Å². The minimum absolute atomic E-state index is 0.0297. The lowest BCUT2D eigenvalue weighted by Crippen LogP contribution is -2.41. The highest BCUT2D eigenvalue weighted by atomic mass is 35.5. The van der Waals surface area contributed by atoms with Crippen molar-refractivity contribution < 1.29 is 13.2 Å². The lowest BCUT2D eigenvalue weighted by molar-refractivity contribution is -0.130. The Morgan fingerprint density at radius 2 is 1.97 bits per heavy atom. The van der Waals surface area contributed by atoms with E-state index in [-0.39, 0.29) is 23.5 Å². The van der Waals surface area contributed by atoms with Crippen LogP contribution in [0.1, 0.15) is 13.3 Å². The van der Waals surface area contributed by atoms with Crippen molar-refractivity contribution >= 4 is 39.1 Å². The first-order valence-corrected chi connectivity index (χ1v) is 13.4. The quantitative estimate of drug-likeness (QED) is 0.482. The Hall–Kier alpha value is -2.29. The number of rotatable bonds is 6. The Labute approximate surface area is 197 Å². The SMILES string of the molecule is CC(Sc1ncc(-c2ccccc2)n1-c1cccc(Cl)c1)C(=O)N(C)C1CCS(=O)(=O)C1. The van der Waals surface area contributed by atoms with Crippen LogP contribution in [0.3, 0.4) is 0 Å². The molecular weight excluding hydrogens is 466 g/mol. The minimum Gasteiger partial charge on any atom is -0.341 e. The van der Waals surface area contributed by atoms with Gasteiger partial charge in [0, 0.05) is 29.4 Å². The zero-order valence-electron chi connectivity index (χ0n) is 17.8. The van der Waals surface area contributed by atoms with Gasteiger partial charge in [-0.05, 0) is 31.5 Å². The van der Waals surface area contributed by atoms with E-state index in [1.54, 1.807) is 18.1 Å². The molecule has 1 saturated heterocycles. The van der Waals surface area contributed by atoms with Gasteiger partial charge in [-0.25, -0.2) is 13.4 Å². The standard InChI is InChI=1S/C23H24ClN3O3S2/c1-16(22(28)26(2)20-11-12-32(29,30)15-20)31-23-25-14-21(17-7-4-3-5-8-17)27(23)19-10-6-9-18(24)13-19/h3-10,13-14,16,20H,11-12,15H2,1-2H3. The lowest BCUT2D eigenvalue weighted by Gasteiger charge is -2.26. The second kappa shape index (κ2) is 9.29. The van der Waals surface area contributed by atoms with E-state index in [0.717, 1.165) is 16.9 Å². The Bertz CT molecular complexity index is 1230. The summed E-state index contributed by atoms with van der Waals surface area (Å²) in [6.45, 7) is 1.83. The van der Waals surface area contributed by atoms with Gasteiger partial charge in [-0.1, -0.05) is 59.8 Å². The Balaban J connectivity index is 1.63. The summed E-state index contributed by atoms with van der Waals surface area (Å²) in [5.41, 5.74) is 2.75. The van der Waals surface area contributed by atoms with Gasteiger partial charge in [-0.15, -0.1) is 0 Å². The summed E-state index contributed by atoms with van der Waals surface area (Å²) in [5.74, 6) is 0.0530. The average Bonchev–Trinajstić information content (AvgIpc) is 3.36. The molecule has 3 aromatic rings. The molecule has 1 aliphatic heterocycles. The molecule has 0 N–H and O–H groups in total. The fourth-order valence-electron chi connectivity index (χ4n) is 3.85. The van der Waals surface area contributed by atoms with E-state index in [2.05, 4.69) is 4.98 Å². The van der Waals surface area contributed by atoms with Crippen LogP contribution in [0.25, 0.3) is 16.9 Å². The Kier molecular flexibility index (Phi) is 6.65. The van der Waals surface area contributed by atoms with Crippen LogP contribution >= 0.6 is 23.4 Å². The maximum absolute atomic E-state index is 13.1. The lowest BCUT2D eigenvalue weighted by atomic mass is 10.1. The van der Waals surface area contributed by atoms with E-state index in [9.17, 15) is 13.2 Å². The molecule has 0 aliphatic carbocycles. The summed E-state index contributed by atoms with van der Waals surface area (Å²) in [4.78, 5) is 19.3. The van der Waals surface area contributed by atoms with Crippen molar-refractivity contribution in [2.45, 2.75) is 29.8 Å². The number of thioether (sulfide) groups is 1. The van der Waals surface area contributed by atoms with E-state index >= 15 is 0 Å². The molecule has 6 nitrogen and oxygen atoms in total. The zero-order valence-corrected chi connectivity index (χ0v) is 20.2.